The maximum Gasteiger partial charge on any atom is -0.0147 e. The summed E-state index contributed by atoms with van der Waals surface area (Å²) in [7, 11) is 0. The van der Waals surface area contributed by atoms with Crippen LogP contribution < -0.4 is 0 Å². The van der Waals surface area contributed by atoms with Crippen LogP contribution in [0.15, 0.2) is 115 Å². The van der Waals surface area contributed by atoms with Crippen molar-refractivity contribution in [2.45, 2.75) is 78.1 Å². The van der Waals surface area contributed by atoms with Gasteiger partial charge in [-0.1, -0.05) is 141 Å². The molecule has 0 fully saturated rings. The van der Waals surface area contributed by atoms with E-state index in [-0.39, 0.29) is 0 Å². The molecule has 0 aromatic heterocycles. The van der Waals surface area contributed by atoms with Crippen LogP contribution in [-0.2, 0) is 38.5 Å². The van der Waals surface area contributed by atoms with Crippen LogP contribution in [-0.4, -0.2) is 0 Å². The maximum atomic E-state index is 2.34. The Balaban J connectivity index is 0.000000106. The lowest BCUT2D eigenvalue weighted by Gasteiger charge is -2.27. The maximum absolute atomic E-state index is 2.34. The SMILES string of the molecule is C/C=C/c1ccc2c(c1)CC2.CC1Cc2cc(-c3ccccc3)ccc21.CC1Cc2ccccc21.Cc1ccc2c(c1)CC2. The van der Waals surface area contributed by atoms with E-state index in [1.807, 2.05) is 0 Å². The lowest BCUT2D eigenvalue weighted by molar-refractivity contribution is 0.667. The molecule has 5 aromatic rings. The molecule has 0 bridgehead atoms. The zero-order valence-corrected chi connectivity index (χ0v) is 26.9. The molecule has 0 saturated heterocycles. The van der Waals surface area contributed by atoms with Crippen LogP contribution in [0, 0.1) is 6.92 Å². The topological polar surface area (TPSA) is 0 Å². The van der Waals surface area contributed by atoms with Gasteiger partial charge in [0.2, 0.25) is 0 Å². The first-order valence-corrected chi connectivity index (χ1v) is 16.6. The summed E-state index contributed by atoms with van der Waals surface area (Å²) in [6, 6.07) is 39.6. The Morgan fingerprint density at radius 2 is 1.11 bits per heavy atom. The quantitative estimate of drug-likeness (QED) is 0.197. The fraction of sp³-hybridized carbons (Fsp3) is 0.273. The number of rotatable bonds is 2. The highest BCUT2D eigenvalue weighted by molar-refractivity contribution is 5.66. The summed E-state index contributed by atoms with van der Waals surface area (Å²) in [5.74, 6) is 1.59. The Morgan fingerprint density at radius 3 is 1.66 bits per heavy atom. The molecule has 0 aliphatic heterocycles. The van der Waals surface area contributed by atoms with E-state index in [9.17, 15) is 0 Å². The van der Waals surface area contributed by atoms with Crippen molar-refractivity contribution in [2.75, 3.05) is 0 Å². The first kappa shape index (κ1) is 29.9. The van der Waals surface area contributed by atoms with Crippen LogP contribution in [0.25, 0.3) is 17.2 Å². The highest BCUT2D eigenvalue weighted by atomic mass is 14.3. The lowest BCUT2D eigenvalue weighted by atomic mass is 9.78. The molecule has 0 nitrogen and oxygen atoms in total. The van der Waals surface area contributed by atoms with Crippen LogP contribution in [0.1, 0.15) is 88.2 Å². The van der Waals surface area contributed by atoms with E-state index in [1.165, 1.54) is 71.9 Å². The van der Waals surface area contributed by atoms with E-state index in [0.29, 0.717) is 0 Å². The molecule has 4 aliphatic carbocycles. The van der Waals surface area contributed by atoms with Gasteiger partial charge in [-0.2, -0.15) is 0 Å². The molecule has 0 heterocycles. The third-order valence-electron chi connectivity index (χ3n) is 9.70. The number of aryl methyl sites for hydroxylation is 5. The monoisotopic (exact) mass is 574 g/mol. The van der Waals surface area contributed by atoms with E-state index in [1.54, 1.807) is 33.4 Å². The van der Waals surface area contributed by atoms with Gasteiger partial charge in [0.1, 0.15) is 0 Å². The number of benzene rings is 5. The smallest absolute Gasteiger partial charge is 0.0147 e. The van der Waals surface area contributed by atoms with Gasteiger partial charge < -0.3 is 0 Å². The zero-order chi connectivity index (χ0) is 30.5. The van der Waals surface area contributed by atoms with Crippen LogP contribution in [0.5, 0.6) is 0 Å². The molecule has 222 valence electrons. The van der Waals surface area contributed by atoms with Crippen molar-refractivity contribution in [3.05, 3.63) is 171 Å². The Morgan fingerprint density at radius 1 is 0.500 bits per heavy atom. The minimum Gasteiger partial charge on any atom is -0.0871 e. The van der Waals surface area contributed by atoms with Gasteiger partial charge >= 0.3 is 0 Å². The van der Waals surface area contributed by atoms with Crippen LogP contribution >= 0.6 is 0 Å². The largest absolute Gasteiger partial charge is 0.0871 e. The fourth-order valence-electron chi connectivity index (χ4n) is 6.73. The first-order chi connectivity index (χ1) is 21.5. The van der Waals surface area contributed by atoms with E-state index < -0.39 is 0 Å². The van der Waals surface area contributed by atoms with Crippen LogP contribution in [0.2, 0.25) is 0 Å². The molecular weight excluding hydrogens is 528 g/mol. The lowest BCUT2D eigenvalue weighted by Crippen LogP contribution is -2.13. The molecule has 4 aliphatic rings. The number of hydrogen-bond donors (Lipinski definition) is 0. The Labute approximate surface area is 265 Å². The minimum absolute atomic E-state index is 0.768. The molecule has 0 N–H and O–H groups in total. The van der Waals surface area contributed by atoms with Crippen molar-refractivity contribution in [3.63, 3.8) is 0 Å². The van der Waals surface area contributed by atoms with E-state index in [4.69, 9.17) is 0 Å². The molecular formula is C44H46. The van der Waals surface area contributed by atoms with Gasteiger partial charge in [-0.05, 0) is 125 Å². The molecule has 0 amide bonds. The molecule has 0 saturated carbocycles. The molecule has 0 heteroatoms. The second kappa shape index (κ2) is 13.6. The van der Waals surface area contributed by atoms with E-state index in [2.05, 4.69) is 149 Å². The summed E-state index contributed by atoms with van der Waals surface area (Å²) >= 11 is 0. The predicted octanol–water partition coefficient (Wildman–Crippen LogP) is 11.3. The third-order valence-corrected chi connectivity index (χ3v) is 9.70. The summed E-state index contributed by atoms with van der Waals surface area (Å²) in [6.07, 6.45) is 11.9. The summed E-state index contributed by atoms with van der Waals surface area (Å²) < 4.78 is 0. The van der Waals surface area contributed by atoms with Gasteiger partial charge in [-0.15, -0.1) is 0 Å². The van der Waals surface area contributed by atoms with Gasteiger partial charge in [0, 0.05) is 0 Å². The van der Waals surface area contributed by atoms with Crippen molar-refractivity contribution in [3.8, 4) is 11.1 Å². The molecule has 5 aromatic carbocycles. The van der Waals surface area contributed by atoms with Gasteiger partial charge in [0.25, 0.3) is 0 Å². The number of fused-ring (bicyclic) bond motifs is 4. The van der Waals surface area contributed by atoms with Gasteiger partial charge in [0.15, 0.2) is 0 Å². The molecule has 2 unspecified atom stereocenters. The molecule has 0 radical (unpaired) electrons. The summed E-state index contributed by atoms with van der Waals surface area (Å²) in [5.41, 5.74) is 17.8. The number of hydrogen-bond acceptors (Lipinski definition) is 0. The zero-order valence-electron chi connectivity index (χ0n) is 26.9. The van der Waals surface area contributed by atoms with E-state index >= 15 is 0 Å². The van der Waals surface area contributed by atoms with Gasteiger partial charge in [-0.25, -0.2) is 0 Å². The molecule has 44 heavy (non-hydrogen) atoms. The first-order valence-electron chi connectivity index (χ1n) is 16.6. The fourth-order valence-corrected chi connectivity index (χ4v) is 6.73. The Kier molecular flexibility index (Phi) is 9.27. The van der Waals surface area contributed by atoms with Crippen molar-refractivity contribution >= 4 is 6.08 Å². The average molecular weight is 575 g/mol. The van der Waals surface area contributed by atoms with Crippen molar-refractivity contribution in [2.24, 2.45) is 0 Å². The summed E-state index contributed by atoms with van der Waals surface area (Å²) in [4.78, 5) is 0. The van der Waals surface area contributed by atoms with Crippen LogP contribution in [0.4, 0.5) is 0 Å². The van der Waals surface area contributed by atoms with Crippen molar-refractivity contribution in [1.29, 1.82) is 0 Å². The average Bonchev–Trinajstić information content (AvgIpc) is 3.01. The van der Waals surface area contributed by atoms with Gasteiger partial charge in [0.05, 0.1) is 0 Å². The van der Waals surface area contributed by atoms with Crippen molar-refractivity contribution in [1.82, 2.24) is 0 Å². The predicted molar refractivity (Wildman–Crippen MR) is 190 cm³/mol. The van der Waals surface area contributed by atoms with E-state index in [0.717, 1.165) is 11.8 Å². The number of allylic oxidation sites excluding steroid dienone is 1. The molecule has 9 rings (SSSR count). The Bertz CT molecular complexity index is 1750. The summed E-state index contributed by atoms with van der Waals surface area (Å²) in [6.45, 7) is 8.78. The second-order valence-electron chi connectivity index (χ2n) is 13.0. The standard InChI is InChI=1S/C15H14.C11H12.2C9H10/c1-11-9-14-10-13(7-8-15(11)14)12-5-3-2-4-6-12;1-2-3-9-4-5-10-6-7-11(10)8-9;1-7-2-3-8-4-5-9(8)6-7;1-7-6-8-4-2-3-5-9(7)8/h2-8,10-11H,9H2,1H3;2-5,8H,6-7H2,1H3;2-3,6H,4-5H2,1H3;2-5,7H,6H2,1H3/b;3-2+;;. The minimum atomic E-state index is 0.768. The highest BCUT2D eigenvalue weighted by Crippen LogP contribution is 2.37. The Hall–Kier alpha value is -4.16. The third kappa shape index (κ3) is 6.81. The van der Waals surface area contributed by atoms with Crippen LogP contribution in [0.3, 0.4) is 0 Å². The molecule has 0 spiro atoms. The highest BCUT2D eigenvalue weighted by Gasteiger charge is 2.22. The second-order valence-corrected chi connectivity index (χ2v) is 13.0. The normalized spacial score (nSPS) is 17.4. The molecule has 2 atom stereocenters. The van der Waals surface area contributed by atoms with Crippen molar-refractivity contribution < 1.29 is 0 Å². The summed E-state index contributed by atoms with van der Waals surface area (Å²) in [5, 5.41) is 0. The van der Waals surface area contributed by atoms with Gasteiger partial charge in [-0.3, -0.25) is 0 Å².